The highest BCUT2D eigenvalue weighted by molar-refractivity contribution is 7.10. The zero-order valence-corrected chi connectivity index (χ0v) is 16.6. The van der Waals surface area contributed by atoms with Crippen molar-refractivity contribution in [3.05, 3.63) is 58.3 Å². The number of rotatable bonds is 4. The average molecular weight is 414 g/mol. The predicted molar refractivity (Wildman–Crippen MR) is 107 cm³/mol. The summed E-state index contributed by atoms with van der Waals surface area (Å²) in [6.45, 7) is 0.807. The number of amides is 2. The first-order valence-corrected chi connectivity index (χ1v) is 10.4. The van der Waals surface area contributed by atoms with Crippen LogP contribution in [0.4, 0.5) is 0 Å². The van der Waals surface area contributed by atoms with Gasteiger partial charge in [-0.05, 0) is 23.6 Å². The number of ether oxygens (including phenoxy) is 1. The zero-order valence-electron chi connectivity index (χ0n) is 15.8. The van der Waals surface area contributed by atoms with Crippen LogP contribution >= 0.6 is 11.3 Å². The van der Waals surface area contributed by atoms with Gasteiger partial charge in [-0.15, -0.1) is 11.3 Å². The molecule has 0 aliphatic carbocycles. The molecule has 1 N–H and O–H groups in total. The summed E-state index contributed by atoms with van der Waals surface area (Å²) in [6, 6.07) is 11.5. The number of benzene rings is 1. The molecule has 1 aromatic carbocycles. The number of hydrogen-bond acceptors (Lipinski definition) is 5. The number of piperidine rings is 1. The molecule has 29 heavy (non-hydrogen) atoms. The van der Waals surface area contributed by atoms with Crippen molar-refractivity contribution in [3.63, 3.8) is 0 Å². The van der Waals surface area contributed by atoms with Crippen LogP contribution in [0.25, 0.3) is 0 Å². The molecule has 2 aliphatic heterocycles. The minimum Gasteiger partial charge on any atom is -0.480 e. The summed E-state index contributed by atoms with van der Waals surface area (Å²) < 4.78 is 5.93. The molecule has 3 heterocycles. The fourth-order valence-corrected chi connectivity index (χ4v) is 4.75. The van der Waals surface area contributed by atoms with Crippen LogP contribution in [0.1, 0.15) is 28.1 Å². The minimum atomic E-state index is -1.08. The molecule has 152 valence electrons. The minimum absolute atomic E-state index is 0.0380. The Morgan fingerprint density at radius 2 is 1.83 bits per heavy atom. The molecule has 0 bridgehead atoms. The quantitative estimate of drug-likeness (QED) is 0.829. The molecule has 2 saturated heterocycles. The Morgan fingerprint density at radius 3 is 2.45 bits per heavy atom. The molecule has 0 saturated carbocycles. The van der Waals surface area contributed by atoms with Crippen molar-refractivity contribution in [2.24, 2.45) is 0 Å². The van der Waals surface area contributed by atoms with E-state index in [0.717, 1.165) is 4.88 Å². The van der Waals surface area contributed by atoms with E-state index in [1.165, 1.54) is 4.90 Å². The lowest BCUT2D eigenvalue weighted by atomic mass is 9.96. The SMILES string of the molecule is O=C(O)[C@H]1COC2(CCN(C(=O)Cc3cccs3)CC2)N1C(=O)c1ccccc1. The van der Waals surface area contributed by atoms with E-state index in [-0.39, 0.29) is 18.4 Å². The van der Waals surface area contributed by atoms with E-state index in [4.69, 9.17) is 4.74 Å². The second kappa shape index (κ2) is 7.96. The van der Waals surface area contributed by atoms with Gasteiger partial charge in [-0.25, -0.2) is 4.79 Å². The maximum atomic E-state index is 13.2. The molecule has 0 unspecified atom stereocenters. The van der Waals surface area contributed by atoms with Crippen molar-refractivity contribution in [2.75, 3.05) is 19.7 Å². The van der Waals surface area contributed by atoms with E-state index >= 15 is 0 Å². The Morgan fingerprint density at radius 1 is 1.10 bits per heavy atom. The van der Waals surface area contributed by atoms with E-state index in [9.17, 15) is 19.5 Å². The molecule has 1 aromatic heterocycles. The third kappa shape index (κ3) is 3.77. The molecule has 7 nitrogen and oxygen atoms in total. The number of thiophene rings is 1. The number of carbonyl (C=O) groups excluding carboxylic acids is 2. The zero-order chi connectivity index (χ0) is 20.4. The topological polar surface area (TPSA) is 87.2 Å². The van der Waals surface area contributed by atoms with Gasteiger partial charge in [0.1, 0.15) is 5.72 Å². The lowest BCUT2D eigenvalue weighted by Crippen LogP contribution is -2.58. The highest BCUT2D eigenvalue weighted by atomic mass is 32.1. The van der Waals surface area contributed by atoms with Gasteiger partial charge in [0.25, 0.3) is 5.91 Å². The first kappa shape index (κ1) is 19.6. The van der Waals surface area contributed by atoms with Crippen LogP contribution in [-0.2, 0) is 20.7 Å². The molecular formula is C21H22N2O5S. The normalized spacial score (nSPS) is 20.8. The Bertz CT molecular complexity index is 891. The summed E-state index contributed by atoms with van der Waals surface area (Å²) >= 11 is 1.55. The van der Waals surface area contributed by atoms with Gasteiger partial charge in [0, 0.05) is 36.4 Å². The molecule has 2 fully saturated rings. The summed E-state index contributed by atoms with van der Waals surface area (Å²) in [6.07, 6.45) is 1.15. The van der Waals surface area contributed by atoms with Crippen molar-refractivity contribution in [1.82, 2.24) is 9.80 Å². The number of likely N-dealkylation sites (tertiary alicyclic amines) is 1. The monoisotopic (exact) mass is 414 g/mol. The van der Waals surface area contributed by atoms with Gasteiger partial charge >= 0.3 is 5.97 Å². The predicted octanol–water partition coefficient (Wildman–Crippen LogP) is 2.24. The number of carbonyl (C=O) groups is 3. The number of nitrogens with zero attached hydrogens (tertiary/aromatic N) is 2. The Labute approximate surface area is 172 Å². The van der Waals surface area contributed by atoms with Crippen LogP contribution in [0.2, 0.25) is 0 Å². The van der Waals surface area contributed by atoms with E-state index in [1.807, 2.05) is 17.5 Å². The largest absolute Gasteiger partial charge is 0.480 e. The highest BCUT2D eigenvalue weighted by Crippen LogP contribution is 2.38. The molecule has 8 heteroatoms. The first-order valence-electron chi connectivity index (χ1n) is 9.56. The third-order valence-electron chi connectivity index (χ3n) is 5.59. The summed E-state index contributed by atoms with van der Waals surface area (Å²) in [4.78, 5) is 41.7. The fourth-order valence-electron chi connectivity index (χ4n) is 4.06. The van der Waals surface area contributed by atoms with Gasteiger partial charge in [0.05, 0.1) is 13.0 Å². The van der Waals surface area contributed by atoms with Gasteiger partial charge in [0.15, 0.2) is 6.04 Å². The molecule has 2 amide bonds. The van der Waals surface area contributed by atoms with Crippen LogP contribution in [0.15, 0.2) is 47.8 Å². The van der Waals surface area contributed by atoms with Gasteiger partial charge in [-0.2, -0.15) is 0 Å². The molecule has 2 aromatic rings. The van der Waals surface area contributed by atoms with Gasteiger partial charge in [0.2, 0.25) is 5.91 Å². The van der Waals surface area contributed by atoms with Crippen LogP contribution < -0.4 is 0 Å². The Hall–Kier alpha value is -2.71. The van der Waals surface area contributed by atoms with Gasteiger partial charge in [-0.3, -0.25) is 14.5 Å². The van der Waals surface area contributed by atoms with Crippen molar-refractivity contribution in [1.29, 1.82) is 0 Å². The lowest BCUT2D eigenvalue weighted by Gasteiger charge is -2.44. The standard InChI is InChI=1S/C21H22N2O5S/c24-18(13-16-7-4-12-29-16)22-10-8-21(9-11-22)23(17(14-28-21)20(26)27)19(25)15-5-2-1-3-6-15/h1-7,12,17H,8-11,13-14H2,(H,26,27)/t17-/m1/s1. The smallest absolute Gasteiger partial charge is 0.328 e. The second-order valence-electron chi connectivity index (χ2n) is 7.29. The third-order valence-corrected chi connectivity index (χ3v) is 6.46. The van der Waals surface area contributed by atoms with Crippen molar-refractivity contribution < 1.29 is 24.2 Å². The number of aliphatic carboxylic acids is 1. The van der Waals surface area contributed by atoms with Crippen molar-refractivity contribution in [3.8, 4) is 0 Å². The van der Waals surface area contributed by atoms with E-state index < -0.39 is 17.7 Å². The van der Waals surface area contributed by atoms with Crippen molar-refractivity contribution >= 4 is 29.1 Å². The molecule has 2 aliphatic rings. The Kier molecular flexibility index (Phi) is 5.38. The van der Waals surface area contributed by atoms with Crippen LogP contribution in [0.5, 0.6) is 0 Å². The van der Waals surface area contributed by atoms with Gasteiger partial charge in [-0.1, -0.05) is 24.3 Å². The molecule has 4 rings (SSSR count). The van der Waals surface area contributed by atoms with Crippen LogP contribution in [-0.4, -0.2) is 64.2 Å². The summed E-state index contributed by atoms with van der Waals surface area (Å²) in [5.41, 5.74) is -0.560. The molecular weight excluding hydrogens is 392 g/mol. The number of carboxylic acid groups (broad SMARTS) is 1. The van der Waals surface area contributed by atoms with E-state index in [0.29, 0.717) is 37.9 Å². The summed E-state index contributed by atoms with van der Waals surface area (Å²) in [5.74, 6) is -1.40. The summed E-state index contributed by atoms with van der Waals surface area (Å²) in [5, 5.41) is 11.6. The molecule has 1 spiro atoms. The maximum Gasteiger partial charge on any atom is 0.328 e. The van der Waals surface area contributed by atoms with Crippen LogP contribution in [0.3, 0.4) is 0 Å². The van der Waals surface area contributed by atoms with Crippen molar-refractivity contribution in [2.45, 2.75) is 31.0 Å². The Balaban J connectivity index is 1.51. The lowest BCUT2D eigenvalue weighted by molar-refractivity contribution is -0.147. The van der Waals surface area contributed by atoms with Crippen LogP contribution in [0, 0.1) is 0 Å². The molecule has 1 atom stereocenters. The highest BCUT2D eigenvalue weighted by Gasteiger charge is 2.54. The second-order valence-corrected chi connectivity index (χ2v) is 8.32. The fraction of sp³-hybridized carbons (Fsp3) is 0.381. The molecule has 0 radical (unpaired) electrons. The first-order chi connectivity index (χ1) is 14.0. The number of hydrogen-bond donors (Lipinski definition) is 1. The average Bonchev–Trinajstić information content (AvgIpc) is 3.37. The summed E-state index contributed by atoms with van der Waals surface area (Å²) in [7, 11) is 0. The van der Waals surface area contributed by atoms with Gasteiger partial charge < -0.3 is 14.7 Å². The number of carboxylic acids is 1. The maximum absolute atomic E-state index is 13.2. The van der Waals surface area contributed by atoms with E-state index in [2.05, 4.69) is 0 Å². The van der Waals surface area contributed by atoms with E-state index in [1.54, 1.807) is 46.6 Å².